The highest BCUT2D eigenvalue weighted by molar-refractivity contribution is 5.28. The average Bonchev–Trinajstić information content (AvgIpc) is 2.85. The molecule has 0 spiro atoms. The summed E-state index contributed by atoms with van der Waals surface area (Å²) in [6, 6.07) is 8.06. The van der Waals surface area contributed by atoms with Gasteiger partial charge in [-0.25, -0.2) is 0 Å². The van der Waals surface area contributed by atoms with E-state index in [0.717, 1.165) is 24.4 Å². The topological polar surface area (TPSA) is 56.3 Å². The summed E-state index contributed by atoms with van der Waals surface area (Å²) in [7, 11) is 5.65. The van der Waals surface area contributed by atoms with Crippen LogP contribution in [0.15, 0.2) is 36.7 Å². The van der Waals surface area contributed by atoms with Gasteiger partial charge in [-0.1, -0.05) is 12.1 Å². The minimum Gasteiger partial charge on any atom is -0.497 e. The zero-order valence-electron chi connectivity index (χ0n) is 12.3. The van der Waals surface area contributed by atoms with Crippen molar-refractivity contribution in [1.82, 2.24) is 14.7 Å². The molecule has 0 fully saturated rings. The van der Waals surface area contributed by atoms with E-state index in [1.165, 1.54) is 5.56 Å². The van der Waals surface area contributed by atoms with Gasteiger partial charge in [-0.2, -0.15) is 5.10 Å². The lowest BCUT2D eigenvalue weighted by Crippen LogP contribution is -2.28. The highest BCUT2D eigenvalue weighted by Gasteiger charge is 2.11. The molecule has 1 aromatic carbocycles. The van der Waals surface area contributed by atoms with Gasteiger partial charge in [0.2, 0.25) is 0 Å². The second-order valence-corrected chi connectivity index (χ2v) is 5.10. The first-order chi connectivity index (χ1) is 9.58. The lowest BCUT2D eigenvalue weighted by Gasteiger charge is -2.20. The third kappa shape index (κ3) is 3.82. The maximum atomic E-state index is 6.20. The molecule has 20 heavy (non-hydrogen) atoms. The molecule has 1 atom stereocenters. The molecule has 0 aliphatic heterocycles. The second kappa shape index (κ2) is 6.54. The number of likely N-dealkylation sites (N-methyl/N-ethyl adjacent to an activating group) is 1. The Morgan fingerprint density at radius 3 is 2.90 bits per heavy atom. The molecule has 0 aliphatic carbocycles. The molecule has 1 heterocycles. The summed E-state index contributed by atoms with van der Waals surface area (Å²) in [6.45, 7) is 1.62. The summed E-state index contributed by atoms with van der Waals surface area (Å²) in [5.41, 5.74) is 8.47. The Balaban J connectivity index is 1.93. The van der Waals surface area contributed by atoms with Crippen molar-refractivity contribution in [2.75, 3.05) is 20.7 Å². The van der Waals surface area contributed by atoms with Crippen LogP contribution in [0.3, 0.4) is 0 Å². The van der Waals surface area contributed by atoms with E-state index in [9.17, 15) is 0 Å². The van der Waals surface area contributed by atoms with Crippen LogP contribution in [0.2, 0.25) is 0 Å². The van der Waals surface area contributed by atoms with Crippen LogP contribution in [0.5, 0.6) is 5.75 Å². The number of rotatable bonds is 6. The molecule has 1 unspecified atom stereocenters. The number of nitrogens with two attached hydrogens (primary N) is 1. The molecule has 0 bridgehead atoms. The Labute approximate surface area is 119 Å². The van der Waals surface area contributed by atoms with Crippen LogP contribution in [0, 0.1) is 0 Å². The molecule has 2 N–H and O–H groups in total. The van der Waals surface area contributed by atoms with Crippen molar-refractivity contribution in [2.45, 2.75) is 12.6 Å². The number of hydrogen-bond donors (Lipinski definition) is 1. The number of methoxy groups -OCH3 is 1. The molecule has 0 amide bonds. The summed E-state index contributed by atoms with van der Waals surface area (Å²) >= 11 is 0. The van der Waals surface area contributed by atoms with Gasteiger partial charge >= 0.3 is 0 Å². The molecule has 0 saturated carbocycles. The summed E-state index contributed by atoms with van der Waals surface area (Å²) in [5.74, 6) is 0.882. The van der Waals surface area contributed by atoms with Crippen molar-refractivity contribution in [3.8, 4) is 5.75 Å². The lowest BCUT2D eigenvalue weighted by atomic mass is 10.1. The lowest BCUT2D eigenvalue weighted by molar-refractivity contribution is 0.304. The van der Waals surface area contributed by atoms with Gasteiger partial charge in [-0.3, -0.25) is 4.68 Å². The molecule has 5 heteroatoms. The van der Waals surface area contributed by atoms with Crippen molar-refractivity contribution in [2.24, 2.45) is 12.8 Å². The second-order valence-electron chi connectivity index (χ2n) is 5.10. The van der Waals surface area contributed by atoms with Gasteiger partial charge in [0.15, 0.2) is 0 Å². The van der Waals surface area contributed by atoms with Crippen LogP contribution >= 0.6 is 0 Å². The first kappa shape index (κ1) is 14.6. The number of hydrogen-bond acceptors (Lipinski definition) is 4. The Morgan fingerprint density at radius 2 is 2.25 bits per heavy atom. The van der Waals surface area contributed by atoms with Crippen LogP contribution in [0.4, 0.5) is 0 Å². The fraction of sp³-hybridized carbons (Fsp3) is 0.400. The number of nitrogens with zero attached hydrogens (tertiary/aromatic N) is 3. The van der Waals surface area contributed by atoms with Crippen molar-refractivity contribution in [3.63, 3.8) is 0 Å². The van der Waals surface area contributed by atoms with Crippen molar-refractivity contribution >= 4 is 0 Å². The van der Waals surface area contributed by atoms with Gasteiger partial charge in [-0.05, 0) is 24.7 Å². The van der Waals surface area contributed by atoms with Crippen LogP contribution < -0.4 is 10.5 Å². The normalized spacial score (nSPS) is 12.7. The Kier molecular flexibility index (Phi) is 4.76. The van der Waals surface area contributed by atoms with Gasteiger partial charge in [0.05, 0.1) is 13.3 Å². The van der Waals surface area contributed by atoms with E-state index < -0.39 is 0 Å². The molecular formula is C15H22N4O. The standard InChI is InChI=1S/C15H22N4O/c1-18(9-12-5-4-6-14(7-12)20-3)11-15(16)13-8-17-19(2)10-13/h4-8,10,15H,9,11,16H2,1-3H3. The third-order valence-electron chi connectivity index (χ3n) is 3.25. The van der Waals surface area contributed by atoms with E-state index in [1.54, 1.807) is 11.8 Å². The number of benzene rings is 1. The van der Waals surface area contributed by atoms with E-state index >= 15 is 0 Å². The first-order valence-corrected chi connectivity index (χ1v) is 6.64. The Bertz CT molecular complexity index is 552. The summed E-state index contributed by atoms with van der Waals surface area (Å²) < 4.78 is 7.01. The predicted octanol–water partition coefficient (Wildman–Crippen LogP) is 1.56. The van der Waals surface area contributed by atoms with Gasteiger partial charge < -0.3 is 15.4 Å². The highest BCUT2D eigenvalue weighted by Crippen LogP contribution is 2.15. The Hall–Kier alpha value is -1.85. The average molecular weight is 274 g/mol. The largest absolute Gasteiger partial charge is 0.497 e. The summed E-state index contributed by atoms with van der Waals surface area (Å²) in [5, 5.41) is 4.15. The van der Waals surface area contributed by atoms with Gasteiger partial charge in [0.25, 0.3) is 0 Å². The molecule has 5 nitrogen and oxygen atoms in total. The van der Waals surface area contributed by atoms with E-state index in [4.69, 9.17) is 10.5 Å². The van der Waals surface area contributed by atoms with Crippen LogP contribution in [-0.2, 0) is 13.6 Å². The molecule has 108 valence electrons. The van der Waals surface area contributed by atoms with E-state index in [-0.39, 0.29) is 6.04 Å². The fourth-order valence-corrected chi connectivity index (χ4v) is 2.22. The fourth-order valence-electron chi connectivity index (χ4n) is 2.22. The van der Waals surface area contributed by atoms with Gasteiger partial charge in [0.1, 0.15) is 5.75 Å². The molecule has 2 rings (SSSR count). The van der Waals surface area contributed by atoms with E-state index in [1.807, 2.05) is 37.6 Å². The van der Waals surface area contributed by atoms with Crippen molar-refractivity contribution in [1.29, 1.82) is 0 Å². The molecule has 2 aromatic rings. The summed E-state index contributed by atoms with van der Waals surface area (Å²) in [4.78, 5) is 2.20. The zero-order chi connectivity index (χ0) is 14.5. The van der Waals surface area contributed by atoms with Crippen molar-refractivity contribution < 1.29 is 4.74 Å². The third-order valence-corrected chi connectivity index (χ3v) is 3.25. The smallest absolute Gasteiger partial charge is 0.119 e. The quantitative estimate of drug-likeness (QED) is 0.868. The summed E-state index contributed by atoms with van der Waals surface area (Å²) in [6.07, 6.45) is 3.79. The number of aryl methyl sites for hydroxylation is 1. The SMILES string of the molecule is COc1cccc(CN(C)CC(N)c2cnn(C)c2)c1. The highest BCUT2D eigenvalue weighted by atomic mass is 16.5. The van der Waals surface area contributed by atoms with Crippen LogP contribution in [0.25, 0.3) is 0 Å². The molecule has 0 radical (unpaired) electrons. The minimum absolute atomic E-state index is 0.0284. The van der Waals surface area contributed by atoms with Gasteiger partial charge in [-0.15, -0.1) is 0 Å². The molecular weight excluding hydrogens is 252 g/mol. The predicted molar refractivity (Wildman–Crippen MR) is 79.5 cm³/mol. The molecule has 0 aliphatic rings. The van der Waals surface area contributed by atoms with E-state index in [2.05, 4.69) is 23.1 Å². The zero-order valence-corrected chi connectivity index (χ0v) is 12.3. The minimum atomic E-state index is -0.0284. The maximum Gasteiger partial charge on any atom is 0.119 e. The Morgan fingerprint density at radius 1 is 1.45 bits per heavy atom. The van der Waals surface area contributed by atoms with Crippen LogP contribution in [0.1, 0.15) is 17.2 Å². The van der Waals surface area contributed by atoms with Gasteiger partial charge in [0, 0.05) is 37.9 Å². The molecule has 1 aromatic heterocycles. The number of aromatic nitrogens is 2. The van der Waals surface area contributed by atoms with Crippen LogP contribution in [-0.4, -0.2) is 35.4 Å². The molecule has 0 saturated heterocycles. The number of ether oxygens (including phenoxy) is 1. The first-order valence-electron chi connectivity index (χ1n) is 6.64. The van der Waals surface area contributed by atoms with E-state index in [0.29, 0.717) is 0 Å². The maximum absolute atomic E-state index is 6.20. The monoisotopic (exact) mass is 274 g/mol. The van der Waals surface area contributed by atoms with Crippen molar-refractivity contribution in [3.05, 3.63) is 47.8 Å².